The smallest absolute Gasteiger partial charge is 0.407 e. The highest BCUT2D eigenvalue weighted by atomic mass is 127. The number of alkyl carbamates (subject to hydrolysis) is 1. The van der Waals surface area contributed by atoms with E-state index in [1.54, 1.807) is 72.3 Å². The van der Waals surface area contributed by atoms with Crippen LogP contribution in [-0.4, -0.2) is 281 Å². The molecule has 114 heavy (non-hydrogen) atoms. The van der Waals surface area contributed by atoms with E-state index in [2.05, 4.69) is 45.1 Å². The average molecular weight is 1780 g/mol. The highest BCUT2D eigenvalue weighted by molar-refractivity contribution is 14.1. The van der Waals surface area contributed by atoms with E-state index < -0.39 is 223 Å². The lowest BCUT2D eigenvalue weighted by Gasteiger charge is -2.49. The van der Waals surface area contributed by atoms with E-state index in [0.29, 0.717) is 20.5 Å². The fourth-order valence-electron chi connectivity index (χ4n) is 13.9. The lowest BCUT2D eigenvalue weighted by atomic mass is 9.64. The number of methoxy groups -OCH3 is 5. The van der Waals surface area contributed by atoms with E-state index in [1.807, 2.05) is 36.4 Å². The first-order chi connectivity index (χ1) is 53.9. The molecule has 5 aliphatic rings. The Labute approximate surface area is 690 Å². The Morgan fingerprint density at radius 1 is 0.833 bits per heavy atom. The van der Waals surface area contributed by atoms with Gasteiger partial charge in [0.25, 0.3) is 0 Å². The van der Waals surface area contributed by atoms with Crippen molar-refractivity contribution in [3.05, 3.63) is 38.5 Å². The van der Waals surface area contributed by atoms with Gasteiger partial charge in [0.2, 0.25) is 40.8 Å². The Bertz CT molecular complexity index is 3680. The number of halogens is 1. The van der Waals surface area contributed by atoms with Crippen LogP contribution in [0.4, 0.5) is 4.79 Å². The summed E-state index contributed by atoms with van der Waals surface area (Å²) in [6.07, 6.45) is -17.8. The molecule has 5 amide bonds. The molecule has 6 rings (SSSR count). The molecule has 5 fully saturated rings. The molecule has 638 valence electrons. The molecular formula is C76H111IN6O28S3. The van der Waals surface area contributed by atoms with Crippen molar-refractivity contribution in [2.75, 3.05) is 61.0 Å². The maximum atomic E-state index is 14.7. The number of nitrogens with two attached hydrogens (primary N) is 1. The van der Waals surface area contributed by atoms with Crippen LogP contribution in [0.5, 0.6) is 17.2 Å². The van der Waals surface area contributed by atoms with Crippen LogP contribution in [0.1, 0.15) is 137 Å². The Morgan fingerprint density at radius 2 is 1.52 bits per heavy atom. The highest BCUT2D eigenvalue weighted by Crippen LogP contribution is 2.50. The highest BCUT2D eigenvalue weighted by Gasteiger charge is 2.56. The van der Waals surface area contributed by atoms with Gasteiger partial charge in [-0.3, -0.25) is 43.2 Å². The number of hydroxylamine groups is 1. The normalized spacial score (nSPS) is 30.2. The van der Waals surface area contributed by atoms with Gasteiger partial charge < -0.3 is 114 Å². The molecule has 4 aliphatic heterocycles. The van der Waals surface area contributed by atoms with E-state index in [9.17, 15) is 68.7 Å². The number of nitrogens with zero attached hydrogens (tertiary/aromatic N) is 1. The van der Waals surface area contributed by atoms with Gasteiger partial charge >= 0.3 is 12.1 Å². The van der Waals surface area contributed by atoms with Gasteiger partial charge in [-0.2, -0.15) is 5.48 Å². The Hall–Kier alpha value is -5.97. The maximum Gasteiger partial charge on any atom is 0.407 e. The van der Waals surface area contributed by atoms with Crippen LogP contribution in [0, 0.1) is 51.9 Å². The largest absolute Gasteiger partial charge is 0.492 e. The molecule has 23 atom stereocenters. The van der Waals surface area contributed by atoms with Gasteiger partial charge in [-0.25, -0.2) is 4.79 Å². The number of benzene rings is 1. The number of carbonyl (C=O) groups is 9. The van der Waals surface area contributed by atoms with Gasteiger partial charge in [0, 0.05) is 82.1 Å². The Kier molecular flexibility index (Phi) is 38.9. The van der Waals surface area contributed by atoms with Gasteiger partial charge in [-0.15, -0.1) is 5.92 Å². The summed E-state index contributed by atoms with van der Waals surface area (Å²) in [5.74, 6) is 3.66. The summed E-state index contributed by atoms with van der Waals surface area (Å²) in [4.78, 5) is 127. The molecule has 0 radical (unpaired) electrons. The van der Waals surface area contributed by atoms with Gasteiger partial charge in [-0.05, 0) is 99.8 Å². The van der Waals surface area contributed by atoms with Crippen molar-refractivity contribution in [2.24, 2.45) is 23.5 Å². The second-order valence-corrected chi connectivity index (χ2v) is 33.8. The minimum absolute atomic E-state index is 0.0113. The first-order valence-corrected chi connectivity index (χ1v) is 41.8. The number of aliphatic hydroxyl groups is 5. The monoisotopic (exact) mass is 1780 g/mol. The predicted molar refractivity (Wildman–Crippen MR) is 425 cm³/mol. The molecule has 1 aliphatic carbocycles. The second-order valence-electron chi connectivity index (χ2n) is 28.6. The summed E-state index contributed by atoms with van der Waals surface area (Å²) >= 11 is 2.75. The van der Waals surface area contributed by atoms with Crippen molar-refractivity contribution in [1.82, 2.24) is 26.3 Å². The number of primary amides is 1. The average Bonchev–Trinajstić information content (AvgIpc) is 0.993. The number of carboxylic acid groups (broad SMARTS) is 1. The molecule has 12 N–H and O–H groups in total. The van der Waals surface area contributed by atoms with E-state index in [4.69, 9.17) is 72.5 Å². The van der Waals surface area contributed by atoms with Crippen LogP contribution in [-0.2, 0) is 81.0 Å². The number of nitrogens with one attached hydrogen (secondary N) is 4. The van der Waals surface area contributed by atoms with E-state index in [1.165, 1.54) is 63.2 Å². The number of thioether (sulfide) groups is 1. The number of carbonyl (C=O) groups excluding carboxylic acids is 8. The maximum absolute atomic E-state index is 14.7. The number of allylic oxidation sites excluding steroid dienone is 2. The third kappa shape index (κ3) is 25.5. The van der Waals surface area contributed by atoms with Gasteiger partial charge in [0.05, 0.1) is 110 Å². The molecule has 38 heteroatoms. The first kappa shape index (κ1) is 96.9. The molecule has 1 aromatic carbocycles. The summed E-state index contributed by atoms with van der Waals surface area (Å²) in [5.41, 5.74) is 7.19. The number of hydrogen-bond donors (Lipinski definition) is 11. The van der Waals surface area contributed by atoms with Crippen LogP contribution < -0.4 is 41.4 Å². The number of Topliss-reactive ketones (excluding diaryl/α,β-unsaturated/α-hetero) is 2. The molecule has 0 spiro atoms. The summed E-state index contributed by atoms with van der Waals surface area (Å²) in [7, 11) is 9.59. The number of carboxylic acids is 1. The fourth-order valence-corrected chi connectivity index (χ4v) is 17.5. The summed E-state index contributed by atoms with van der Waals surface area (Å²) in [6, 6.07) is -4.94. The number of ether oxygens (including phenoxy) is 12. The quantitative estimate of drug-likeness (QED) is 0.0114. The van der Waals surface area contributed by atoms with Crippen LogP contribution in [0.25, 0.3) is 0 Å². The van der Waals surface area contributed by atoms with Crippen LogP contribution in [0.2, 0.25) is 0 Å². The zero-order valence-corrected chi connectivity index (χ0v) is 71.5. The SMILES string of the molecule is CC#C/C=C\C#C[C@H](OC1OC(C)C(NOC2CC(O)C(SC(=O)c3c(C)c(I)c(OC4OC(C)C(O)C(OC)C4O)c(OC)c3OC)C(C)O2)C(O)C1OC1CC(OC)C(N(CC)C(=O)CNC(=O)[C@H](C)CC(=O)[C@H](CC(N)=O)NC(=O)CCCC(=O)O)CO1)C1/C(=C\CSSC(C)C)[C@](O)(C(C)C)CC(=O)C1NC(=O)OC. The van der Waals surface area contributed by atoms with Crippen molar-refractivity contribution < 1.29 is 135 Å². The Morgan fingerprint density at radius 3 is 2.12 bits per heavy atom. The third-order valence-corrected chi connectivity index (χ3v) is 25.5. The molecule has 0 bridgehead atoms. The molecule has 1 aromatic rings. The number of aliphatic carboxylic acids is 1. The van der Waals surface area contributed by atoms with Gasteiger partial charge in [-0.1, -0.05) is 91.8 Å². The zero-order chi connectivity index (χ0) is 84.7. The summed E-state index contributed by atoms with van der Waals surface area (Å²) in [5, 5.41) is 74.9. The van der Waals surface area contributed by atoms with Crippen molar-refractivity contribution in [2.45, 2.75) is 260 Å². The number of likely N-dealkylation sites (N-methyl/N-ethyl adjacent to an activating group) is 1. The number of amides is 5. The van der Waals surface area contributed by atoms with Crippen molar-refractivity contribution in [3.63, 3.8) is 0 Å². The number of aliphatic hydroxyl groups excluding tert-OH is 4. The first-order valence-electron chi connectivity index (χ1n) is 37.4. The Balaban J connectivity index is 1.29. The van der Waals surface area contributed by atoms with Crippen LogP contribution in [0.3, 0.4) is 0 Å². The second kappa shape index (κ2) is 45.8. The number of hydrogen-bond acceptors (Lipinski definition) is 31. The topological polar surface area (TPSA) is 472 Å². The molecular weight excluding hydrogens is 1670 g/mol. The number of ketones is 2. The summed E-state index contributed by atoms with van der Waals surface area (Å²) < 4.78 is 73.8. The van der Waals surface area contributed by atoms with Gasteiger partial charge in [0.1, 0.15) is 42.7 Å². The predicted octanol–water partition coefficient (Wildman–Crippen LogP) is 3.29. The van der Waals surface area contributed by atoms with E-state index in [0.717, 1.165) is 18.9 Å². The zero-order valence-electron chi connectivity index (χ0n) is 66.9. The van der Waals surface area contributed by atoms with Crippen LogP contribution in [0.15, 0.2) is 23.8 Å². The van der Waals surface area contributed by atoms with Crippen molar-refractivity contribution in [1.29, 1.82) is 0 Å². The van der Waals surface area contributed by atoms with E-state index in [-0.39, 0.29) is 73.3 Å². The standard InChI is InChI=1S/C76H111IN6O28S3/c1-17-19-20-21-22-24-49(58-43(27-28-112-114-37(5)6)76(98,36(3)4)33-48(86)61(58)81-75(97)103-16)108-74-68(109-55-32-50(99-12)45(35-104-55)83(18-2)53(89)34-79-71(95)38(7)29-46(84)44(30-51(78)87)80-52(88)25-23-26-54(90)91)63(93)60(40(9)106-74)82-111-56-31-47(85)70(42(11)105-56)113-72(96)57-39(8)59(77)66(69(102-15)65(57)100-13)110-73-64(94)67(101-14)62(92)41(10)107-73/h20-21,27,36-38,40-42,44-45,47,49-50,55-56,58,60-64,67-68,70,73-74,82,85,92-94,98H,18,23,25-26,28-35H2,1-16H3,(H2,78,87)(H,79,95)(H,80,88)(H,81,97)(H,90,91)/b21-20-,43-27+/t38-,40?,41?,42?,44+,45?,47?,49+,50?,55?,56?,58?,60?,61?,62?,63?,64?,67?,68?,70?,73?,74?,76-/m1/s1. The third-order valence-electron chi connectivity index (χ3n) is 20.0. The summed E-state index contributed by atoms with van der Waals surface area (Å²) in [6.45, 7) is 18.0. The molecule has 0 aromatic heterocycles. The molecule has 4 heterocycles. The minimum atomic E-state index is -1.83. The van der Waals surface area contributed by atoms with E-state index >= 15 is 0 Å². The van der Waals surface area contributed by atoms with Crippen molar-refractivity contribution >= 4 is 108 Å². The number of rotatable bonds is 37. The molecule has 4 saturated heterocycles. The molecule has 1 saturated carbocycles. The lowest BCUT2D eigenvalue weighted by molar-refractivity contribution is -0.340. The molecule has 34 nitrogen and oxygen atoms in total. The fraction of sp³-hybridized carbons (Fsp3) is 0.697. The lowest BCUT2D eigenvalue weighted by Crippen LogP contribution is -2.66. The minimum Gasteiger partial charge on any atom is -0.492 e. The van der Waals surface area contributed by atoms with Crippen LogP contribution >= 0.6 is 55.9 Å². The van der Waals surface area contributed by atoms with Gasteiger partial charge in [0.15, 0.2) is 41.9 Å². The van der Waals surface area contributed by atoms with Crippen molar-refractivity contribution in [3.8, 4) is 40.9 Å². The molecule has 19 unspecified atom stereocenters.